The zero-order chi connectivity index (χ0) is 14.1. The molecule has 0 spiro atoms. The summed E-state index contributed by atoms with van der Waals surface area (Å²) in [6.07, 6.45) is 3.30. The van der Waals surface area contributed by atoms with E-state index in [0.29, 0.717) is 5.82 Å². The molecule has 0 aliphatic rings. The number of aromatic nitrogens is 2. The van der Waals surface area contributed by atoms with Crippen molar-refractivity contribution < 1.29 is 5.11 Å². The van der Waals surface area contributed by atoms with Gasteiger partial charge < -0.3 is 14.6 Å². The Kier molecular flexibility index (Phi) is 3.86. The molecule has 0 bridgehead atoms. The molecule has 0 aromatic carbocycles. The van der Waals surface area contributed by atoms with Gasteiger partial charge in [0.15, 0.2) is 5.82 Å². The highest BCUT2D eigenvalue weighted by molar-refractivity contribution is 5.38. The van der Waals surface area contributed by atoms with Crippen molar-refractivity contribution in [3.63, 3.8) is 0 Å². The van der Waals surface area contributed by atoms with E-state index in [1.54, 1.807) is 28.9 Å². The lowest BCUT2D eigenvalue weighted by Gasteiger charge is -2.35. The molecule has 0 unspecified atom stereocenters. The van der Waals surface area contributed by atoms with Crippen LogP contribution in [0.25, 0.3) is 0 Å². The van der Waals surface area contributed by atoms with E-state index < -0.39 is 5.54 Å². The van der Waals surface area contributed by atoms with Gasteiger partial charge in [-0.1, -0.05) is 0 Å². The van der Waals surface area contributed by atoms with Crippen LogP contribution in [-0.4, -0.2) is 33.9 Å². The summed E-state index contributed by atoms with van der Waals surface area (Å²) >= 11 is 0. The number of aliphatic hydroxyl groups excluding tert-OH is 1. The molecule has 102 valence electrons. The first-order chi connectivity index (χ1) is 8.11. The fourth-order valence-electron chi connectivity index (χ4n) is 1.55. The quantitative estimate of drug-likeness (QED) is 0.879. The van der Waals surface area contributed by atoms with Crippen LogP contribution in [-0.2, 0) is 5.54 Å². The van der Waals surface area contributed by atoms with E-state index in [-0.39, 0.29) is 17.7 Å². The number of likely N-dealkylation sites (N-methyl/N-ethyl adjacent to an activating group) is 1. The zero-order valence-corrected chi connectivity index (χ0v) is 12.1. The van der Waals surface area contributed by atoms with Gasteiger partial charge in [0.05, 0.1) is 12.1 Å². The molecule has 1 rings (SSSR count). The van der Waals surface area contributed by atoms with Crippen molar-refractivity contribution in [1.82, 2.24) is 9.55 Å². The van der Waals surface area contributed by atoms with Gasteiger partial charge >= 0.3 is 0 Å². The maximum Gasteiger partial charge on any atom is 0.293 e. The first-order valence-electron chi connectivity index (χ1n) is 6.04. The molecule has 1 aromatic rings. The van der Waals surface area contributed by atoms with Crippen LogP contribution in [0.2, 0.25) is 0 Å². The molecule has 1 heterocycles. The maximum atomic E-state index is 12.4. The molecular weight excluding hydrogens is 230 g/mol. The van der Waals surface area contributed by atoms with Crippen LogP contribution in [0.1, 0.15) is 34.6 Å². The summed E-state index contributed by atoms with van der Waals surface area (Å²) in [6, 6.07) is 0. The predicted octanol–water partition coefficient (Wildman–Crippen LogP) is 1.21. The minimum atomic E-state index is -0.525. The number of hydrogen-bond acceptors (Lipinski definition) is 4. The number of hydrogen-bond donors (Lipinski definition) is 1. The summed E-state index contributed by atoms with van der Waals surface area (Å²) in [5.74, 6) is 0.353. The summed E-state index contributed by atoms with van der Waals surface area (Å²) in [5, 5.41) is 9.37. The minimum Gasteiger partial charge on any atom is -0.394 e. The van der Waals surface area contributed by atoms with Crippen LogP contribution in [0.4, 0.5) is 5.82 Å². The second-order valence-electron chi connectivity index (χ2n) is 6.13. The molecule has 1 aromatic heterocycles. The highest BCUT2D eigenvalue weighted by Gasteiger charge is 2.27. The Bertz CT molecular complexity index is 472. The number of nitrogens with zero attached hydrogens (tertiary/aromatic N) is 3. The fourth-order valence-corrected chi connectivity index (χ4v) is 1.55. The number of anilines is 1. The maximum absolute atomic E-state index is 12.4. The molecule has 0 saturated heterocycles. The molecule has 0 amide bonds. The molecule has 1 N–H and O–H groups in total. The second kappa shape index (κ2) is 4.72. The van der Waals surface area contributed by atoms with Crippen molar-refractivity contribution in [1.29, 1.82) is 0 Å². The van der Waals surface area contributed by atoms with Crippen molar-refractivity contribution >= 4 is 5.82 Å². The highest BCUT2D eigenvalue weighted by Crippen LogP contribution is 2.18. The lowest BCUT2D eigenvalue weighted by molar-refractivity contribution is 0.215. The smallest absolute Gasteiger partial charge is 0.293 e. The van der Waals surface area contributed by atoms with Crippen LogP contribution in [0.3, 0.4) is 0 Å². The minimum absolute atomic E-state index is 0.0466. The van der Waals surface area contributed by atoms with Crippen molar-refractivity contribution in [2.45, 2.75) is 45.7 Å². The van der Waals surface area contributed by atoms with Crippen LogP contribution in [0, 0.1) is 0 Å². The average molecular weight is 253 g/mol. The van der Waals surface area contributed by atoms with Crippen LogP contribution in [0.15, 0.2) is 17.2 Å². The largest absolute Gasteiger partial charge is 0.394 e. The van der Waals surface area contributed by atoms with E-state index in [1.807, 2.05) is 34.6 Å². The molecule has 0 aliphatic carbocycles. The van der Waals surface area contributed by atoms with Crippen molar-refractivity contribution in [3.05, 3.63) is 22.7 Å². The molecule has 5 nitrogen and oxygen atoms in total. The third-order valence-electron chi connectivity index (χ3n) is 3.16. The molecule has 0 radical (unpaired) electrons. The van der Waals surface area contributed by atoms with Gasteiger partial charge in [0.2, 0.25) is 0 Å². The zero-order valence-electron chi connectivity index (χ0n) is 12.1. The van der Waals surface area contributed by atoms with Crippen LogP contribution >= 0.6 is 0 Å². The first-order valence-corrected chi connectivity index (χ1v) is 6.04. The van der Waals surface area contributed by atoms with Crippen LogP contribution < -0.4 is 10.5 Å². The Balaban J connectivity index is 3.33. The summed E-state index contributed by atoms with van der Waals surface area (Å²) in [6.45, 7) is 9.58. The highest BCUT2D eigenvalue weighted by atomic mass is 16.3. The predicted molar refractivity (Wildman–Crippen MR) is 73.1 cm³/mol. The van der Waals surface area contributed by atoms with Gasteiger partial charge in [0, 0.05) is 25.0 Å². The molecule has 0 aliphatic heterocycles. The Labute approximate surface area is 108 Å². The van der Waals surface area contributed by atoms with Crippen molar-refractivity contribution in [3.8, 4) is 0 Å². The summed E-state index contributed by atoms with van der Waals surface area (Å²) < 4.78 is 1.65. The van der Waals surface area contributed by atoms with E-state index in [0.717, 1.165) is 0 Å². The fraction of sp³-hybridized carbons (Fsp3) is 0.692. The normalized spacial score (nSPS) is 12.6. The molecule has 0 atom stereocenters. The van der Waals surface area contributed by atoms with E-state index in [4.69, 9.17) is 0 Å². The monoisotopic (exact) mass is 253 g/mol. The van der Waals surface area contributed by atoms with Gasteiger partial charge in [-0.3, -0.25) is 4.79 Å². The van der Waals surface area contributed by atoms with Gasteiger partial charge in [-0.25, -0.2) is 4.98 Å². The first kappa shape index (κ1) is 14.7. The second-order valence-corrected chi connectivity index (χ2v) is 6.13. The van der Waals surface area contributed by atoms with Gasteiger partial charge in [-0.05, 0) is 34.6 Å². The Morgan fingerprint density at radius 1 is 1.33 bits per heavy atom. The van der Waals surface area contributed by atoms with Gasteiger partial charge in [-0.15, -0.1) is 0 Å². The Hall–Kier alpha value is -1.36. The molecule has 0 fully saturated rings. The third-order valence-corrected chi connectivity index (χ3v) is 3.16. The summed E-state index contributed by atoms with van der Waals surface area (Å²) in [4.78, 5) is 18.3. The number of aliphatic hydroxyl groups is 1. The summed E-state index contributed by atoms with van der Waals surface area (Å²) in [7, 11) is 1.77. The van der Waals surface area contributed by atoms with E-state index in [2.05, 4.69) is 4.98 Å². The van der Waals surface area contributed by atoms with Crippen LogP contribution in [0.5, 0.6) is 0 Å². The molecule has 0 saturated carbocycles. The van der Waals surface area contributed by atoms with E-state index in [9.17, 15) is 9.90 Å². The van der Waals surface area contributed by atoms with E-state index >= 15 is 0 Å². The van der Waals surface area contributed by atoms with Crippen molar-refractivity contribution in [2.24, 2.45) is 0 Å². The standard InChI is InChI=1S/C13H23N3O2/c1-12(2,3)16-8-7-14-10(11(16)18)15(6)13(4,5)9-17/h7-8,17H,9H2,1-6H3. The number of rotatable bonds is 3. The SMILES string of the molecule is CN(c1nccn(C(C)(C)C)c1=O)C(C)(C)CO. The molecular formula is C13H23N3O2. The van der Waals surface area contributed by atoms with E-state index in [1.165, 1.54) is 0 Å². The lowest BCUT2D eigenvalue weighted by Crippen LogP contribution is -2.48. The average Bonchev–Trinajstić information content (AvgIpc) is 2.27. The third kappa shape index (κ3) is 2.72. The van der Waals surface area contributed by atoms with Gasteiger partial charge in [-0.2, -0.15) is 0 Å². The van der Waals surface area contributed by atoms with Crippen molar-refractivity contribution in [2.75, 3.05) is 18.6 Å². The lowest BCUT2D eigenvalue weighted by atomic mass is 10.1. The molecule has 5 heteroatoms. The van der Waals surface area contributed by atoms with Gasteiger partial charge in [0.25, 0.3) is 5.56 Å². The topological polar surface area (TPSA) is 58.4 Å². The Morgan fingerprint density at radius 3 is 2.33 bits per heavy atom. The molecule has 18 heavy (non-hydrogen) atoms. The Morgan fingerprint density at radius 2 is 1.89 bits per heavy atom. The van der Waals surface area contributed by atoms with Gasteiger partial charge in [0.1, 0.15) is 0 Å². The summed E-state index contributed by atoms with van der Waals surface area (Å²) in [5.41, 5.74) is -0.962.